The van der Waals surface area contributed by atoms with Crippen molar-refractivity contribution in [2.24, 2.45) is 0 Å². The van der Waals surface area contributed by atoms with Crippen molar-refractivity contribution in [3.63, 3.8) is 0 Å². The number of nitrogens with zero attached hydrogens (tertiary/aromatic N) is 1. The lowest BCUT2D eigenvalue weighted by atomic mass is 10.2. The third-order valence-electron chi connectivity index (χ3n) is 3.06. The molecule has 1 aromatic carbocycles. The zero-order chi connectivity index (χ0) is 14.8. The average molecular weight is 345 g/mol. The number of halogens is 1. The van der Waals surface area contributed by atoms with Crippen molar-refractivity contribution in [2.75, 3.05) is 44.9 Å². The summed E-state index contributed by atoms with van der Waals surface area (Å²) >= 11 is 3.63. The molecular formula is C15H25BrN2O2. The highest BCUT2D eigenvalue weighted by atomic mass is 79.9. The second-order valence-electron chi connectivity index (χ2n) is 4.66. The Balaban J connectivity index is 2.65. The van der Waals surface area contributed by atoms with E-state index in [1.165, 1.54) is 5.56 Å². The second kappa shape index (κ2) is 10.2. The Hall–Kier alpha value is -0.620. The first-order chi connectivity index (χ1) is 9.72. The Morgan fingerprint density at radius 1 is 1.35 bits per heavy atom. The van der Waals surface area contributed by atoms with Gasteiger partial charge in [0, 0.05) is 43.4 Å². The molecule has 4 nitrogen and oxygen atoms in total. The van der Waals surface area contributed by atoms with Gasteiger partial charge < -0.3 is 20.1 Å². The molecule has 0 saturated carbocycles. The first-order valence-corrected chi connectivity index (χ1v) is 7.86. The largest absolute Gasteiger partial charge is 0.395 e. The van der Waals surface area contributed by atoms with E-state index in [1.807, 2.05) is 0 Å². The van der Waals surface area contributed by atoms with E-state index in [9.17, 15) is 0 Å². The molecule has 0 amide bonds. The number of aliphatic hydroxyl groups is 1. The summed E-state index contributed by atoms with van der Waals surface area (Å²) in [5, 5.41) is 12.5. The molecule has 1 rings (SSSR count). The standard InChI is InChI=1S/C15H25BrN2O2/c1-3-7-18(8-9-19)14-5-4-13(15(16)11-14)12-17-6-10-20-2/h4-5,11,17,19H,3,6-10,12H2,1-2H3. The quantitative estimate of drug-likeness (QED) is 0.639. The van der Waals surface area contributed by atoms with Crippen LogP contribution >= 0.6 is 15.9 Å². The highest BCUT2D eigenvalue weighted by molar-refractivity contribution is 9.10. The fraction of sp³-hybridized carbons (Fsp3) is 0.600. The summed E-state index contributed by atoms with van der Waals surface area (Å²) in [7, 11) is 1.70. The van der Waals surface area contributed by atoms with Crippen LogP contribution in [0.5, 0.6) is 0 Å². The summed E-state index contributed by atoms with van der Waals surface area (Å²) in [6.45, 7) is 6.33. The molecule has 0 radical (unpaired) electrons. The Morgan fingerprint density at radius 3 is 2.75 bits per heavy atom. The number of methoxy groups -OCH3 is 1. The van der Waals surface area contributed by atoms with Crippen molar-refractivity contribution < 1.29 is 9.84 Å². The van der Waals surface area contributed by atoms with Gasteiger partial charge >= 0.3 is 0 Å². The van der Waals surface area contributed by atoms with Crippen LogP contribution in [0.1, 0.15) is 18.9 Å². The summed E-state index contributed by atoms with van der Waals surface area (Å²) < 4.78 is 6.11. The Morgan fingerprint density at radius 2 is 2.15 bits per heavy atom. The molecule has 0 aliphatic carbocycles. The highest BCUT2D eigenvalue weighted by Crippen LogP contribution is 2.24. The van der Waals surface area contributed by atoms with E-state index in [4.69, 9.17) is 9.84 Å². The van der Waals surface area contributed by atoms with Crippen LogP contribution in [0.2, 0.25) is 0 Å². The Bertz CT molecular complexity index is 382. The number of hydrogen-bond donors (Lipinski definition) is 2. The van der Waals surface area contributed by atoms with E-state index < -0.39 is 0 Å². The maximum absolute atomic E-state index is 9.14. The Kier molecular flexibility index (Phi) is 8.85. The van der Waals surface area contributed by atoms with Gasteiger partial charge in [0.2, 0.25) is 0 Å². The molecule has 114 valence electrons. The van der Waals surface area contributed by atoms with Crippen LogP contribution in [0, 0.1) is 0 Å². The molecule has 0 fully saturated rings. The SMILES string of the molecule is CCCN(CCO)c1ccc(CNCCOC)c(Br)c1. The van der Waals surface area contributed by atoms with E-state index in [0.717, 1.165) is 42.8 Å². The van der Waals surface area contributed by atoms with E-state index in [2.05, 4.69) is 51.3 Å². The topological polar surface area (TPSA) is 44.7 Å². The van der Waals surface area contributed by atoms with Gasteiger partial charge in [-0.2, -0.15) is 0 Å². The molecule has 0 unspecified atom stereocenters. The minimum Gasteiger partial charge on any atom is -0.395 e. The highest BCUT2D eigenvalue weighted by Gasteiger charge is 2.07. The predicted octanol–water partition coefficient (Wildman–Crippen LogP) is 2.39. The fourth-order valence-corrected chi connectivity index (χ4v) is 2.54. The number of benzene rings is 1. The number of hydrogen-bond acceptors (Lipinski definition) is 4. The molecule has 20 heavy (non-hydrogen) atoms. The van der Waals surface area contributed by atoms with E-state index in [-0.39, 0.29) is 6.61 Å². The molecular weight excluding hydrogens is 320 g/mol. The Labute approximate surface area is 130 Å². The summed E-state index contributed by atoms with van der Waals surface area (Å²) in [5.41, 5.74) is 2.37. The van der Waals surface area contributed by atoms with Gasteiger partial charge in [0.15, 0.2) is 0 Å². The van der Waals surface area contributed by atoms with Crippen LogP contribution in [0.3, 0.4) is 0 Å². The minimum atomic E-state index is 0.179. The molecule has 2 N–H and O–H groups in total. The lowest BCUT2D eigenvalue weighted by Crippen LogP contribution is -2.27. The number of aliphatic hydroxyl groups excluding tert-OH is 1. The maximum Gasteiger partial charge on any atom is 0.0606 e. The number of nitrogens with one attached hydrogen (secondary N) is 1. The molecule has 0 spiro atoms. The molecule has 0 atom stereocenters. The first-order valence-electron chi connectivity index (χ1n) is 7.06. The van der Waals surface area contributed by atoms with Crippen molar-refractivity contribution in [3.05, 3.63) is 28.2 Å². The summed E-state index contributed by atoms with van der Waals surface area (Å²) in [5.74, 6) is 0. The summed E-state index contributed by atoms with van der Waals surface area (Å²) in [4.78, 5) is 2.20. The molecule has 1 aromatic rings. The number of anilines is 1. The van der Waals surface area contributed by atoms with Gasteiger partial charge in [-0.05, 0) is 24.1 Å². The van der Waals surface area contributed by atoms with E-state index >= 15 is 0 Å². The number of ether oxygens (including phenoxy) is 1. The van der Waals surface area contributed by atoms with Crippen LogP contribution in [0.25, 0.3) is 0 Å². The smallest absolute Gasteiger partial charge is 0.0606 e. The van der Waals surface area contributed by atoms with Crippen molar-refractivity contribution in [1.29, 1.82) is 0 Å². The normalized spacial score (nSPS) is 10.8. The first kappa shape index (κ1) is 17.4. The third-order valence-corrected chi connectivity index (χ3v) is 3.80. The zero-order valence-electron chi connectivity index (χ0n) is 12.4. The fourth-order valence-electron chi connectivity index (χ4n) is 2.03. The molecule has 0 saturated heterocycles. The number of rotatable bonds is 10. The van der Waals surface area contributed by atoms with Gasteiger partial charge in [-0.15, -0.1) is 0 Å². The van der Waals surface area contributed by atoms with Crippen molar-refractivity contribution in [2.45, 2.75) is 19.9 Å². The van der Waals surface area contributed by atoms with Crippen LogP contribution in [0.4, 0.5) is 5.69 Å². The average Bonchev–Trinajstić information content (AvgIpc) is 2.45. The van der Waals surface area contributed by atoms with Gasteiger partial charge in [-0.1, -0.05) is 28.9 Å². The van der Waals surface area contributed by atoms with E-state index in [0.29, 0.717) is 6.54 Å². The molecule has 5 heteroatoms. The van der Waals surface area contributed by atoms with Crippen molar-refractivity contribution in [3.8, 4) is 0 Å². The van der Waals surface area contributed by atoms with Gasteiger partial charge in [-0.25, -0.2) is 0 Å². The molecule has 0 heterocycles. The van der Waals surface area contributed by atoms with Crippen molar-refractivity contribution in [1.82, 2.24) is 5.32 Å². The summed E-state index contributed by atoms with van der Waals surface area (Å²) in [6.07, 6.45) is 1.07. The van der Waals surface area contributed by atoms with Crippen molar-refractivity contribution >= 4 is 21.6 Å². The lowest BCUT2D eigenvalue weighted by molar-refractivity contribution is 0.199. The predicted molar refractivity (Wildman–Crippen MR) is 87.3 cm³/mol. The van der Waals surface area contributed by atoms with Gasteiger partial charge in [0.05, 0.1) is 13.2 Å². The monoisotopic (exact) mass is 344 g/mol. The molecule has 0 bridgehead atoms. The third kappa shape index (κ3) is 5.79. The lowest BCUT2D eigenvalue weighted by Gasteiger charge is -2.24. The van der Waals surface area contributed by atoms with Gasteiger partial charge in [-0.3, -0.25) is 0 Å². The van der Waals surface area contributed by atoms with E-state index in [1.54, 1.807) is 7.11 Å². The second-order valence-corrected chi connectivity index (χ2v) is 5.51. The van der Waals surface area contributed by atoms with Gasteiger partial charge in [0.25, 0.3) is 0 Å². The molecule has 0 aliphatic rings. The maximum atomic E-state index is 9.14. The molecule has 0 aliphatic heterocycles. The zero-order valence-corrected chi connectivity index (χ0v) is 13.9. The summed E-state index contributed by atoms with van der Waals surface area (Å²) in [6, 6.07) is 6.36. The van der Waals surface area contributed by atoms with Crippen LogP contribution in [-0.4, -0.2) is 45.1 Å². The van der Waals surface area contributed by atoms with Crippen LogP contribution < -0.4 is 10.2 Å². The van der Waals surface area contributed by atoms with Gasteiger partial charge in [0.1, 0.15) is 0 Å². The van der Waals surface area contributed by atoms with Crippen LogP contribution in [0.15, 0.2) is 22.7 Å². The minimum absolute atomic E-state index is 0.179. The van der Waals surface area contributed by atoms with Crippen LogP contribution in [-0.2, 0) is 11.3 Å². The molecule has 0 aromatic heterocycles.